The SMILES string of the molecule is CCCCCCCCc1ccc(NC(=O)C23CCC(NCC(=O)N4CC(F)CC4C#N)(CC2)CC3)cc1. The molecule has 0 aromatic heterocycles. The molecule has 2 unspecified atom stereocenters. The summed E-state index contributed by atoms with van der Waals surface area (Å²) in [6.07, 6.45) is 12.8. The van der Waals surface area contributed by atoms with E-state index in [4.69, 9.17) is 0 Å². The maximum absolute atomic E-state index is 13.7. The number of alkyl halides is 1. The van der Waals surface area contributed by atoms with Crippen molar-refractivity contribution in [2.24, 2.45) is 5.41 Å². The molecule has 1 heterocycles. The first kappa shape index (κ1) is 27.6. The third-order valence-corrected chi connectivity index (χ3v) is 9.09. The van der Waals surface area contributed by atoms with Crippen molar-refractivity contribution in [3.05, 3.63) is 29.8 Å². The first-order chi connectivity index (χ1) is 17.9. The van der Waals surface area contributed by atoms with Crippen molar-refractivity contribution in [2.45, 2.75) is 115 Å². The summed E-state index contributed by atoms with van der Waals surface area (Å²) in [6.45, 7) is 2.37. The zero-order valence-corrected chi connectivity index (χ0v) is 22.4. The van der Waals surface area contributed by atoms with Crippen LogP contribution in [0.4, 0.5) is 10.1 Å². The highest BCUT2D eigenvalue weighted by Gasteiger charge is 2.52. The van der Waals surface area contributed by atoms with Gasteiger partial charge < -0.3 is 15.5 Å². The van der Waals surface area contributed by atoms with E-state index in [0.717, 1.165) is 50.6 Å². The highest BCUT2D eigenvalue weighted by molar-refractivity contribution is 5.95. The topological polar surface area (TPSA) is 85.2 Å². The van der Waals surface area contributed by atoms with Crippen LogP contribution in [-0.2, 0) is 16.0 Å². The molecule has 202 valence electrons. The normalized spacial score (nSPS) is 28.7. The standard InChI is InChI=1S/C30H43FN4O2/c1-2-3-4-5-6-7-8-23-9-11-25(12-10-23)34-28(37)29-13-16-30(17-14-29,18-15-29)33-21-27(36)35-22-24(31)19-26(35)20-32/h9-12,24,26,33H,2-8,13-19,21-22H2,1H3,(H,34,37). The Morgan fingerprint density at radius 3 is 2.32 bits per heavy atom. The van der Waals surface area contributed by atoms with Gasteiger partial charge >= 0.3 is 0 Å². The van der Waals surface area contributed by atoms with Gasteiger partial charge in [0.15, 0.2) is 0 Å². The highest BCUT2D eigenvalue weighted by Crippen LogP contribution is 2.52. The maximum atomic E-state index is 13.7. The molecule has 6 nitrogen and oxygen atoms in total. The molecule has 2 N–H and O–H groups in total. The number of amides is 2. The summed E-state index contributed by atoms with van der Waals surface area (Å²) in [5, 5.41) is 15.8. The lowest BCUT2D eigenvalue weighted by molar-refractivity contribution is -0.135. The summed E-state index contributed by atoms with van der Waals surface area (Å²) in [4.78, 5) is 27.3. The number of hydrogen-bond acceptors (Lipinski definition) is 4. The Bertz CT molecular complexity index is 948. The number of nitrogens with zero attached hydrogens (tertiary/aromatic N) is 2. The lowest BCUT2D eigenvalue weighted by Gasteiger charge is -2.52. The molecule has 3 saturated carbocycles. The molecule has 4 fully saturated rings. The largest absolute Gasteiger partial charge is 0.326 e. The smallest absolute Gasteiger partial charge is 0.237 e. The zero-order valence-electron chi connectivity index (χ0n) is 22.4. The first-order valence-electron chi connectivity index (χ1n) is 14.4. The van der Waals surface area contributed by atoms with E-state index in [0.29, 0.717) is 0 Å². The van der Waals surface area contributed by atoms with Crippen LogP contribution in [0.5, 0.6) is 0 Å². The lowest BCUT2D eigenvalue weighted by atomic mass is 9.57. The number of unbranched alkanes of at least 4 members (excludes halogenated alkanes) is 5. The van der Waals surface area contributed by atoms with Crippen molar-refractivity contribution in [3.63, 3.8) is 0 Å². The number of fused-ring (bicyclic) bond motifs is 3. The number of carbonyl (C=O) groups excluding carboxylic acids is 2. The van der Waals surface area contributed by atoms with E-state index >= 15 is 0 Å². The summed E-state index contributed by atoms with van der Waals surface area (Å²) in [6, 6.07) is 9.70. The molecule has 5 rings (SSSR count). The molecular formula is C30H43FN4O2. The number of halogens is 1. The Hall–Kier alpha value is -2.46. The van der Waals surface area contributed by atoms with Gasteiger partial charge in [-0.2, -0.15) is 5.26 Å². The van der Waals surface area contributed by atoms with Crippen molar-refractivity contribution >= 4 is 17.5 Å². The quantitative estimate of drug-likeness (QED) is 0.355. The van der Waals surface area contributed by atoms with Crippen LogP contribution in [0.15, 0.2) is 24.3 Å². The molecule has 2 amide bonds. The Morgan fingerprint density at radius 1 is 1.03 bits per heavy atom. The van der Waals surface area contributed by atoms with Crippen LogP contribution < -0.4 is 10.6 Å². The average Bonchev–Trinajstić information content (AvgIpc) is 3.32. The number of hydrogen-bond donors (Lipinski definition) is 2. The van der Waals surface area contributed by atoms with Crippen LogP contribution >= 0.6 is 0 Å². The maximum Gasteiger partial charge on any atom is 0.237 e. The van der Waals surface area contributed by atoms with Gasteiger partial charge in [-0.1, -0.05) is 51.2 Å². The minimum atomic E-state index is -1.12. The Kier molecular flexibility index (Phi) is 9.23. The monoisotopic (exact) mass is 510 g/mol. The fourth-order valence-corrected chi connectivity index (χ4v) is 6.47. The summed E-state index contributed by atoms with van der Waals surface area (Å²) in [5.74, 6) is -0.0929. The minimum Gasteiger partial charge on any atom is -0.326 e. The average molecular weight is 511 g/mol. The number of nitriles is 1. The van der Waals surface area contributed by atoms with Crippen LogP contribution in [0.1, 0.15) is 96.0 Å². The van der Waals surface area contributed by atoms with Crippen LogP contribution in [0.3, 0.4) is 0 Å². The summed E-state index contributed by atoms with van der Waals surface area (Å²) in [5.41, 5.74) is 1.70. The van der Waals surface area contributed by atoms with E-state index in [1.54, 1.807) is 0 Å². The molecule has 1 aromatic rings. The number of aryl methyl sites for hydroxylation is 1. The van der Waals surface area contributed by atoms with Crippen molar-refractivity contribution in [3.8, 4) is 6.07 Å². The molecule has 2 atom stereocenters. The molecule has 2 bridgehead atoms. The predicted molar refractivity (Wildman–Crippen MR) is 144 cm³/mol. The zero-order chi connectivity index (χ0) is 26.3. The van der Waals surface area contributed by atoms with E-state index in [1.165, 1.54) is 49.0 Å². The Balaban J connectivity index is 1.22. The summed E-state index contributed by atoms with van der Waals surface area (Å²) in [7, 11) is 0. The second kappa shape index (κ2) is 12.4. The number of carbonyl (C=O) groups is 2. The molecule has 1 aromatic carbocycles. The van der Waals surface area contributed by atoms with Crippen LogP contribution in [0.2, 0.25) is 0 Å². The second-order valence-corrected chi connectivity index (χ2v) is 11.6. The number of likely N-dealkylation sites (tertiary alicyclic amines) is 1. The number of rotatable bonds is 12. The van der Waals surface area contributed by atoms with Gasteiger partial charge in [-0.15, -0.1) is 0 Å². The molecule has 1 saturated heterocycles. The molecule has 1 aliphatic heterocycles. The predicted octanol–water partition coefficient (Wildman–Crippen LogP) is 5.67. The third-order valence-electron chi connectivity index (χ3n) is 9.09. The fourth-order valence-electron chi connectivity index (χ4n) is 6.47. The Morgan fingerprint density at radius 2 is 1.68 bits per heavy atom. The number of benzene rings is 1. The van der Waals surface area contributed by atoms with Crippen LogP contribution in [-0.4, -0.2) is 47.6 Å². The summed E-state index contributed by atoms with van der Waals surface area (Å²) < 4.78 is 13.7. The van der Waals surface area contributed by atoms with E-state index in [-0.39, 0.29) is 42.3 Å². The van der Waals surface area contributed by atoms with Crippen LogP contribution in [0, 0.1) is 16.7 Å². The second-order valence-electron chi connectivity index (χ2n) is 11.6. The van der Waals surface area contributed by atoms with E-state index in [1.807, 2.05) is 18.2 Å². The van der Waals surface area contributed by atoms with E-state index < -0.39 is 12.2 Å². The molecule has 0 spiro atoms. The third kappa shape index (κ3) is 6.71. The van der Waals surface area contributed by atoms with E-state index in [2.05, 4.69) is 29.7 Å². The van der Waals surface area contributed by atoms with Crippen molar-refractivity contribution in [1.82, 2.24) is 10.2 Å². The van der Waals surface area contributed by atoms with Gasteiger partial charge in [-0.05, 0) is 69.1 Å². The molecule has 37 heavy (non-hydrogen) atoms. The minimum absolute atomic E-state index is 0.00898. The van der Waals surface area contributed by atoms with Gasteiger partial charge in [0.05, 0.1) is 19.2 Å². The molecule has 3 aliphatic carbocycles. The van der Waals surface area contributed by atoms with Gasteiger partial charge in [-0.3, -0.25) is 9.59 Å². The molecule has 0 radical (unpaired) electrons. The molecular weight excluding hydrogens is 467 g/mol. The molecule has 4 aliphatic rings. The number of anilines is 1. The van der Waals surface area contributed by atoms with Crippen molar-refractivity contribution < 1.29 is 14.0 Å². The van der Waals surface area contributed by atoms with Crippen LogP contribution in [0.25, 0.3) is 0 Å². The van der Waals surface area contributed by atoms with Crippen molar-refractivity contribution in [2.75, 3.05) is 18.4 Å². The fraction of sp³-hybridized carbons (Fsp3) is 0.700. The van der Waals surface area contributed by atoms with Gasteiger partial charge in [0.1, 0.15) is 12.2 Å². The van der Waals surface area contributed by atoms with E-state index in [9.17, 15) is 19.2 Å². The highest BCUT2D eigenvalue weighted by atomic mass is 19.1. The molecule has 7 heteroatoms. The van der Waals surface area contributed by atoms with Gasteiger partial charge in [0.2, 0.25) is 11.8 Å². The lowest BCUT2D eigenvalue weighted by Crippen LogP contribution is -2.59. The Labute approximate surface area is 221 Å². The van der Waals surface area contributed by atoms with Gasteiger partial charge in [-0.25, -0.2) is 4.39 Å². The number of nitrogens with one attached hydrogen (secondary N) is 2. The van der Waals surface area contributed by atoms with Gasteiger partial charge in [0, 0.05) is 23.1 Å². The van der Waals surface area contributed by atoms with Gasteiger partial charge in [0.25, 0.3) is 0 Å². The first-order valence-corrected chi connectivity index (χ1v) is 14.4. The summed E-state index contributed by atoms with van der Waals surface area (Å²) >= 11 is 0. The van der Waals surface area contributed by atoms with Crippen molar-refractivity contribution in [1.29, 1.82) is 5.26 Å².